The highest BCUT2D eigenvalue weighted by Crippen LogP contribution is 2.24. The Kier molecular flexibility index (Phi) is 2.51. The zero-order valence-electron chi connectivity index (χ0n) is 8.26. The molecule has 0 saturated carbocycles. The Labute approximate surface area is 89.3 Å². The molecule has 0 atom stereocenters. The van der Waals surface area contributed by atoms with Crippen LogP contribution in [0.15, 0.2) is 24.4 Å². The first-order valence-electron chi connectivity index (χ1n) is 4.75. The summed E-state index contributed by atoms with van der Waals surface area (Å²) in [5.41, 5.74) is 2.57. The second kappa shape index (κ2) is 3.66. The topological polar surface area (TPSA) is 4.93 Å². The monoisotopic (exact) mass is 206 g/mol. The normalized spacial score (nSPS) is 11.1. The van der Waals surface area contributed by atoms with Crippen molar-refractivity contribution in [2.75, 3.05) is 0 Å². The molecule has 1 radical (unpaired) electrons. The number of hydrogen-bond acceptors (Lipinski definition) is 0. The van der Waals surface area contributed by atoms with Crippen molar-refractivity contribution < 1.29 is 0 Å². The van der Waals surface area contributed by atoms with Gasteiger partial charge in [-0.15, -0.1) is 0 Å². The maximum Gasteiger partial charge on any atom is 0.0481 e. The quantitative estimate of drug-likeness (QED) is 0.708. The zero-order valence-corrected chi connectivity index (χ0v) is 9.01. The van der Waals surface area contributed by atoms with Crippen LogP contribution >= 0.6 is 11.6 Å². The molecule has 0 aliphatic carbocycles. The Bertz CT molecular complexity index is 457. The van der Waals surface area contributed by atoms with Crippen LogP contribution in [0.2, 0.25) is 5.02 Å². The molecule has 73 valence electrons. The van der Waals surface area contributed by atoms with Crippen molar-refractivity contribution in [2.45, 2.75) is 12.8 Å². The number of fused-ring (bicyclic) bond motifs is 1. The van der Waals surface area contributed by atoms with Crippen LogP contribution in [0.25, 0.3) is 10.9 Å². The summed E-state index contributed by atoms with van der Waals surface area (Å²) >= 11 is 5.98. The van der Waals surface area contributed by atoms with E-state index in [9.17, 15) is 0 Å². The molecule has 0 unspecified atom stereocenters. The van der Waals surface area contributed by atoms with Gasteiger partial charge >= 0.3 is 0 Å². The Hall–Kier alpha value is -0.950. The summed E-state index contributed by atoms with van der Waals surface area (Å²) in [4.78, 5) is 0. The lowest BCUT2D eigenvalue weighted by molar-refractivity contribution is 0.937. The Morgan fingerprint density at radius 3 is 2.93 bits per heavy atom. The van der Waals surface area contributed by atoms with Crippen LogP contribution in [-0.2, 0) is 13.5 Å². The van der Waals surface area contributed by atoms with Gasteiger partial charge in [-0.2, -0.15) is 0 Å². The summed E-state index contributed by atoms with van der Waals surface area (Å²) < 4.78 is 2.14. The number of hydrogen-bond donors (Lipinski definition) is 0. The van der Waals surface area contributed by atoms with E-state index >= 15 is 0 Å². The molecule has 14 heavy (non-hydrogen) atoms. The molecule has 0 saturated heterocycles. The highest BCUT2D eigenvalue weighted by atomic mass is 35.5. The van der Waals surface area contributed by atoms with E-state index in [2.05, 4.69) is 30.8 Å². The van der Waals surface area contributed by atoms with Crippen molar-refractivity contribution in [3.8, 4) is 0 Å². The molecule has 0 amide bonds. The molecule has 0 aliphatic heterocycles. The van der Waals surface area contributed by atoms with Gasteiger partial charge in [-0.3, -0.25) is 0 Å². The van der Waals surface area contributed by atoms with Gasteiger partial charge in [0, 0.05) is 29.2 Å². The largest absolute Gasteiger partial charge is 0.350 e. The molecule has 1 nitrogen and oxygen atoms in total. The van der Waals surface area contributed by atoms with Crippen LogP contribution in [0.3, 0.4) is 0 Å². The second-order valence-corrected chi connectivity index (χ2v) is 3.97. The van der Waals surface area contributed by atoms with E-state index in [4.69, 9.17) is 11.6 Å². The SMILES string of the molecule is [CH2]CCc1cn(C)c2ccc(Cl)cc12. The fourth-order valence-corrected chi connectivity index (χ4v) is 2.01. The van der Waals surface area contributed by atoms with Crippen molar-refractivity contribution in [3.63, 3.8) is 0 Å². The summed E-state index contributed by atoms with van der Waals surface area (Å²) in [5, 5.41) is 2.05. The van der Waals surface area contributed by atoms with Gasteiger partial charge in [0.2, 0.25) is 0 Å². The van der Waals surface area contributed by atoms with Gasteiger partial charge in [0.05, 0.1) is 0 Å². The van der Waals surface area contributed by atoms with Crippen molar-refractivity contribution >= 4 is 22.5 Å². The maximum absolute atomic E-state index is 5.98. The van der Waals surface area contributed by atoms with Gasteiger partial charge in [0.25, 0.3) is 0 Å². The summed E-state index contributed by atoms with van der Waals surface area (Å²) in [6.07, 6.45) is 4.09. The average Bonchev–Trinajstić information content (AvgIpc) is 2.44. The minimum Gasteiger partial charge on any atom is -0.350 e. The zero-order chi connectivity index (χ0) is 10.1. The summed E-state index contributed by atoms with van der Waals surface area (Å²) in [6, 6.07) is 6.02. The molecule has 0 bridgehead atoms. The van der Waals surface area contributed by atoms with E-state index < -0.39 is 0 Å². The van der Waals surface area contributed by atoms with E-state index in [1.807, 2.05) is 12.1 Å². The lowest BCUT2D eigenvalue weighted by Crippen LogP contribution is -1.82. The third-order valence-corrected chi connectivity index (χ3v) is 2.72. The van der Waals surface area contributed by atoms with Crippen LogP contribution in [0.5, 0.6) is 0 Å². The van der Waals surface area contributed by atoms with Crippen molar-refractivity contribution in [1.29, 1.82) is 0 Å². The van der Waals surface area contributed by atoms with Gasteiger partial charge in [0.1, 0.15) is 0 Å². The first-order chi connectivity index (χ1) is 6.72. The predicted molar refractivity (Wildman–Crippen MR) is 61.6 cm³/mol. The second-order valence-electron chi connectivity index (χ2n) is 3.53. The van der Waals surface area contributed by atoms with E-state index in [0.29, 0.717) is 0 Å². The summed E-state index contributed by atoms with van der Waals surface area (Å²) in [6.45, 7) is 3.88. The molecule has 1 heterocycles. The van der Waals surface area contributed by atoms with Crippen LogP contribution in [0.4, 0.5) is 0 Å². The van der Waals surface area contributed by atoms with Gasteiger partial charge in [0.15, 0.2) is 0 Å². The molecule has 0 fully saturated rings. The lowest BCUT2D eigenvalue weighted by atomic mass is 10.1. The fourth-order valence-electron chi connectivity index (χ4n) is 1.84. The number of halogens is 1. The predicted octanol–water partition coefficient (Wildman–Crippen LogP) is 3.60. The number of benzene rings is 1. The van der Waals surface area contributed by atoms with Crippen LogP contribution in [0.1, 0.15) is 12.0 Å². The Morgan fingerprint density at radius 1 is 1.43 bits per heavy atom. The molecule has 2 rings (SSSR count). The van der Waals surface area contributed by atoms with E-state index in [1.165, 1.54) is 16.5 Å². The third kappa shape index (κ3) is 1.53. The lowest BCUT2D eigenvalue weighted by Gasteiger charge is -1.96. The molecule has 2 heteroatoms. The standard InChI is InChI=1S/C12H13ClN/c1-3-4-9-8-14(2)12-6-5-10(13)7-11(9)12/h5-8H,1,3-4H2,2H3. The fraction of sp³-hybridized carbons (Fsp3) is 0.250. The average molecular weight is 207 g/mol. The Balaban J connectivity index is 2.66. The van der Waals surface area contributed by atoms with Crippen LogP contribution in [-0.4, -0.2) is 4.57 Å². The van der Waals surface area contributed by atoms with Crippen LogP contribution in [0, 0.1) is 6.92 Å². The first-order valence-corrected chi connectivity index (χ1v) is 5.13. The molecule has 0 spiro atoms. The minimum atomic E-state index is 0.800. The number of nitrogens with zero attached hydrogens (tertiary/aromatic N) is 1. The van der Waals surface area contributed by atoms with E-state index in [-0.39, 0.29) is 0 Å². The van der Waals surface area contributed by atoms with E-state index in [0.717, 1.165) is 17.9 Å². The van der Waals surface area contributed by atoms with E-state index in [1.54, 1.807) is 0 Å². The van der Waals surface area contributed by atoms with Crippen molar-refractivity contribution in [2.24, 2.45) is 7.05 Å². The van der Waals surface area contributed by atoms with Gasteiger partial charge < -0.3 is 4.57 Å². The summed E-state index contributed by atoms with van der Waals surface area (Å²) in [7, 11) is 2.06. The van der Waals surface area contributed by atoms with Crippen LogP contribution < -0.4 is 0 Å². The molecule has 1 aromatic heterocycles. The van der Waals surface area contributed by atoms with Gasteiger partial charge in [-0.25, -0.2) is 0 Å². The molecular weight excluding hydrogens is 194 g/mol. The maximum atomic E-state index is 5.98. The first kappa shape index (κ1) is 9.60. The highest BCUT2D eigenvalue weighted by molar-refractivity contribution is 6.31. The smallest absolute Gasteiger partial charge is 0.0481 e. The minimum absolute atomic E-state index is 0.800. The molecule has 1 aromatic carbocycles. The summed E-state index contributed by atoms with van der Waals surface area (Å²) in [5.74, 6) is 0. The number of aryl methyl sites for hydroxylation is 2. The van der Waals surface area contributed by atoms with Gasteiger partial charge in [-0.1, -0.05) is 18.5 Å². The molecule has 0 aliphatic rings. The molecule has 2 aromatic rings. The van der Waals surface area contributed by atoms with Gasteiger partial charge in [-0.05, 0) is 36.6 Å². The highest BCUT2D eigenvalue weighted by Gasteiger charge is 2.05. The number of rotatable bonds is 2. The number of aromatic nitrogens is 1. The third-order valence-electron chi connectivity index (χ3n) is 2.48. The Morgan fingerprint density at radius 2 is 2.21 bits per heavy atom. The molecular formula is C12H13ClN. The van der Waals surface area contributed by atoms with Crippen molar-refractivity contribution in [3.05, 3.63) is 41.9 Å². The molecule has 0 N–H and O–H groups in total. The van der Waals surface area contributed by atoms with Crippen molar-refractivity contribution in [1.82, 2.24) is 4.57 Å².